The van der Waals surface area contributed by atoms with E-state index in [1.165, 1.54) is 12.8 Å². The fourth-order valence-electron chi connectivity index (χ4n) is 1.42. The molecule has 6 nitrogen and oxygen atoms in total. The summed E-state index contributed by atoms with van der Waals surface area (Å²) in [5, 5.41) is 8.40. The lowest BCUT2D eigenvalue weighted by molar-refractivity contribution is -0.137. The highest BCUT2D eigenvalue weighted by molar-refractivity contribution is 7.89. The molecule has 0 spiro atoms. The number of aliphatic carboxylic acids is 1. The summed E-state index contributed by atoms with van der Waals surface area (Å²) in [6, 6.07) is 0. The van der Waals surface area contributed by atoms with Crippen LogP contribution in [0.4, 0.5) is 0 Å². The SMILES string of the molecule is O=C(O)CCCS(=O)(=O)NCCCOCC1CC1. The number of ether oxygens (including phenoxy) is 1. The maximum Gasteiger partial charge on any atom is 0.303 e. The number of carbonyl (C=O) groups is 1. The molecule has 0 bridgehead atoms. The highest BCUT2D eigenvalue weighted by Gasteiger charge is 2.20. The standard InChI is InChI=1S/C11H21NO5S/c13-11(14)3-1-8-18(15,16)12-6-2-7-17-9-10-4-5-10/h10,12H,1-9H2,(H,13,14). The molecule has 0 saturated heterocycles. The van der Waals surface area contributed by atoms with Crippen LogP contribution >= 0.6 is 0 Å². The van der Waals surface area contributed by atoms with Crippen molar-refractivity contribution < 1.29 is 23.1 Å². The van der Waals surface area contributed by atoms with Crippen LogP contribution in [-0.2, 0) is 19.6 Å². The monoisotopic (exact) mass is 279 g/mol. The normalized spacial score (nSPS) is 15.8. The highest BCUT2D eigenvalue weighted by atomic mass is 32.2. The van der Waals surface area contributed by atoms with Crippen LogP contribution < -0.4 is 4.72 Å². The fourth-order valence-corrected chi connectivity index (χ4v) is 2.55. The molecule has 0 aromatic carbocycles. The van der Waals surface area contributed by atoms with E-state index in [0.29, 0.717) is 19.6 Å². The predicted octanol–water partition coefficient (Wildman–Crippen LogP) is 0.587. The molecule has 1 aliphatic carbocycles. The summed E-state index contributed by atoms with van der Waals surface area (Å²) in [6.07, 6.45) is 3.16. The topological polar surface area (TPSA) is 92.7 Å². The third-order valence-corrected chi connectivity index (χ3v) is 4.11. The summed E-state index contributed by atoms with van der Waals surface area (Å²) in [7, 11) is -3.34. The Morgan fingerprint density at radius 3 is 2.67 bits per heavy atom. The third kappa shape index (κ3) is 8.43. The van der Waals surface area contributed by atoms with Crippen LogP contribution in [-0.4, -0.2) is 45.0 Å². The molecule has 1 aliphatic rings. The Kier molecular flexibility index (Phi) is 6.59. The minimum Gasteiger partial charge on any atom is -0.481 e. The number of nitrogens with one attached hydrogen (secondary N) is 1. The molecule has 106 valence electrons. The van der Waals surface area contributed by atoms with Crippen molar-refractivity contribution in [3.05, 3.63) is 0 Å². The molecule has 18 heavy (non-hydrogen) atoms. The molecule has 0 heterocycles. The quantitative estimate of drug-likeness (QED) is 0.540. The largest absolute Gasteiger partial charge is 0.481 e. The molecule has 0 unspecified atom stereocenters. The van der Waals surface area contributed by atoms with Crippen LogP contribution in [0.3, 0.4) is 0 Å². The van der Waals surface area contributed by atoms with Crippen molar-refractivity contribution in [2.75, 3.05) is 25.5 Å². The lowest BCUT2D eigenvalue weighted by Gasteiger charge is -2.06. The van der Waals surface area contributed by atoms with E-state index in [1.54, 1.807) is 0 Å². The average molecular weight is 279 g/mol. The number of rotatable bonds is 11. The van der Waals surface area contributed by atoms with E-state index in [1.807, 2.05) is 0 Å². The third-order valence-electron chi connectivity index (χ3n) is 2.64. The second-order valence-corrected chi connectivity index (χ2v) is 6.51. The highest BCUT2D eigenvalue weighted by Crippen LogP contribution is 2.28. The van der Waals surface area contributed by atoms with E-state index in [2.05, 4.69) is 4.72 Å². The molecular formula is C11H21NO5S. The molecule has 0 aliphatic heterocycles. The molecule has 2 N–H and O–H groups in total. The Hall–Kier alpha value is -0.660. The number of carboxylic acids is 1. The van der Waals surface area contributed by atoms with Gasteiger partial charge in [0.05, 0.1) is 5.75 Å². The van der Waals surface area contributed by atoms with Gasteiger partial charge in [-0.3, -0.25) is 4.79 Å². The van der Waals surface area contributed by atoms with Crippen molar-refractivity contribution in [3.8, 4) is 0 Å². The van der Waals surface area contributed by atoms with Gasteiger partial charge in [-0.05, 0) is 31.6 Å². The first-order valence-corrected chi connectivity index (χ1v) is 7.92. The van der Waals surface area contributed by atoms with Gasteiger partial charge in [-0.25, -0.2) is 13.1 Å². The first-order valence-electron chi connectivity index (χ1n) is 6.26. The summed E-state index contributed by atoms with van der Waals surface area (Å²) in [6.45, 7) is 1.69. The number of hydrogen-bond donors (Lipinski definition) is 2. The Balaban J connectivity index is 1.96. The zero-order chi connectivity index (χ0) is 13.4. The van der Waals surface area contributed by atoms with Crippen LogP contribution in [0.1, 0.15) is 32.1 Å². The van der Waals surface area contributed by atoms with E-state index in [9.17, 15) is 13.2 Å². The van der Waals surface area contributed by atoms with Gasteiger partial charge in [-0.2, -0.15) is 0 Å². The number of sulfonamides is 1. The summed E-state index contributed by atoms with van der Waals surface area (Å²) >= 11 is 0. The molecule has 1 rings (SSSR count). The predicted molar refractivity (Wildman–Crippen MR) is 66.8 cm³/mol. The smallest absolute Gasteiger partial charge is 0.303 e. The first-order chi connectivity index (χ1) is 8.49. The van der Waals surface area contributed by atoms with Crippen LogP contribution in [0, 0.1) is 5.92 Å². The first kappa shape index (κ1) is 15.4. The van der Waals surface area contributed by atoms with E-state index in [-0.39, 0.29) is 18.6 Å². The van der Waals surface area contributed by atoms with Gasteiger partial charge in [0.1, 0.15) is 0 Å². The average Bonchev–Trinajstić information content (AvgIpc) is 3.06. The van der Waals surface area contributed by atoms with Crippen molar-refractivity contribution in [1.29, 1.82) is 0 Å². The summed E-state index contributed by atoms with van der Waals surface area (Å²) in [5.74, 6) is -0.390. The van der Waals surface area contributed by atoms with Gasteiger partial charge >= 0.3 is 5.97 Å². The minimum atomic E-state index is -3.34. The van der Waals surface area contributed by atoms with Crippen molar-refractivity contribution in [1.82, 2.24) is 4.72 Å². The Labute approximate surface area is 108 Å². The summed E-state index contributed by atoms with van der Waals surface area (Å²) in [5.41, 5.74) is 0. The summed E-state index contributed by atoms with van der Waals surface area (Å²) in [4.78, 5) is 10.2. The van der Waals surface area contributed by atoms with E-state index in [4.69, 9.17) is 9.84 Å². The van der Waals surface area contributed by atoms with Crippen LogP contribution in [0.15, 0.2) is 0 Å². The van der Waals surface area contributed by atoms with Gasteiger partial charge in [-0.15, -0.1) is 0 Å². The maximum absolute atomic E-state index is 11.4. The molecule has 1 saturated carbocycles. The van der Waals surface area contributed by atoms with Gasteiger partial charge in [-0.1, -0.05) is 0 Å². The fraction of sp³-hybridized carbons (Fsp3) is 0.909. The van der Waals surface area contributed by atoms with Gasteiger partial charge < -0.3 is 9.84 Å². The molecule has 1 fully saturated rings. The molecule has 0 aromatic heterocycles. The van der Waals surface area contributed by atoms with E-state index in [0.717, 1.165) is 12.5 Å². The van der Waals surface area contributed by atoms with Crippen LogP contribution in [0.5, 0.6) is 0 Å². The Bertz CT molecular complexity index is 350. The lowest BCUT2D eigenvalue weighted by atomic mass is 10.3. The lowest BCUT2D eigenvalue weighted by Crippen LogP contribution is -2.28. The minimum absolute atomic E-state index is 0.120. The zero-order valence-corrected chi connectivity index (χ0v) is 11.2. The summed E-state index contributed by atoms with van der Waals surface area (Å²) < 4.78 is 30.6. The molecule has 0 aromatic rings. The Morgan fingerprint density at radius 1 is 1.33 bits per heavy atom. The van der Waals surface area contributed by atoms with Gasteiger partial charge in [0.25, 0.3) is 0 Å². The van der Waals surface area contributed by atoms with Crippen LogP contribution in [0.2, 0.25) is 0 Å². The van der Waals surface area contributed by atoms with Crippen molar-refractivity contribution >= 4 is 16.0 Å². The van der Waals surface area contributed by atoms with Gasteiger partial charge in [0, 0.05) is 26.2 Å². The van der Waals surface area contributed by atoms with E-state index < -0.39 is 16.0 Å². The number of hydrogen-bond acceptors (Lipinski definition) is 4. The second-order valence-electron chi connectivity index (χ2n) is 4.58. The van der Waals surface area contributed by atoms with Gasteiger partial charge in [0.2, 0.25) is 10.0 Å². The molecular weight excluding hydrogens is 258 g/mol. The zero-order valence-electron chi connectivity index (χ0n) is 10.4. The second kappa shape index (κ2) is 7.70. The Morgan fingerprint density at radius 2 is 2.06 bits per heavy atom. The van der Waals surface area contributed by atoms with E-state index >= 15 is 0 Å². The van der Waals surface area contributed by atoms with Gasteiger partial charge in [0.15, 0.2) is 0 Å². The number of carboxylic acid groups (broad SMARTS) is 1. The van der Waals surface area contributed by atoms with Crippen molar-refractivity contribution in [2.24, 2.45) is 5.92 Å². The maximum atomic E-state index is 11.4. The molecule has 0 radical (unpaired) electrons. The van der Waals surface area contributed by atoms with Crippen LogP contribution in [0.25, 0.3) is 0 Å². The van der Waals surface area contributed by atoms with Crippen molar-refractivity contribution in [3.63, 3.8) is 0 Å². The molecule has 0 atom stereocenters. The molecule has 0 amide bonds. The van der Waals surface area contributed by atoms with Crippen molar-refractivity contribution in [2.45, 2.75) is 32.1 Å². The molecule has 7 heteroatoms.